The predicted molar refractivity (Wildman–Crippen MR) is 109 cm³/mol. The molecular formula is C21H25N5O3. The van der Waals surface area contributed by atoms with E-state index in [1.54, 1.807) is 17.2 Å². The van der Waals surface area contributed by atoms with Crippen LogP contribution in [0.4, 0.5) is 11.5 Å². The second-order valence-corrected chi connectivity index (χ2v) is 7.47. The van der Waals surface area contributed by atoms with Gasteiger partial charge in [0, 0.05) is 18.3 Å². The lowest BCUT2D eigenvalue weighted by atomic mass is 10.1. The highest BCUT2D eigenvalue weighted by Crippen LogP contribution is 2.31. The average Bonchev–Trinajstić information content (AvgIpc) is 3.30. The van der Waals surface area contributed by atoms with Crippen LogP contribution in [0.1, 0.15) is 47.1 Å². The molecule has 2 aliphatic rings. The van der Waals surface area contributed by atoms with Crippen LogP contribution in [0.2, 0.25) is 0 Å². The smallest absolute Gasteiger partial charge is 0.256 e. The molecule has 0 spiro atoms. The first-order valence-corrected chi connectivity index (χ1v) is 9.93. The van der Waals surface area contributed by atoms with Gasteiger partial charge < -0.3 is 19.6 Å². The molecule has 2 aromatic heterocycles. The molecule has 0 aliphatic carbocycles. The number of amides is 2. The van der Waals surface area contributed by atoms with Crippen LogP contribution < -0.4 is 10.2 Å². The van der Waals surface area contributed by atoms with E-state index in [9.17, 15) is 9.59 Å². The van der Waals surface area contributed by atoms with Crippen molar-refractivity contribution in [1.29, 1.82) is 0 Å². The molecule has 2 amide bonds. The maximum absolute atomic E-state index is 13.1. The number of aromatic nitrogens is 2. The second-order valence-electron chi connectivity index (χ2n) is 7.47. The molecule has 8 heteroatoms. The minimum Gasteiger partial charge on any atom is -0.361 e. The Balaban J connectivity index is 1.65. The van der Waals surface area contributed by atoms with Gasteiger partial charge in [-0.05, 0) is 26.3 Å². The lowest BCUT2D eigenvalue weighted by Gasteiger charge is -2.30. The van der Waals surface area contributed by atoms with Crippen molar-refractivity contribution in [3.63, 3.8) is 0 Å². The van der Waals surface area contributed by atoms with E-state index in [1.165, 1.54) is 0 Å². The van der Waals surface area contributed by atoms with E-state index < -0.39 is 0 Å². The average molecular weight is 395 g/mol. The van der Waals surface area contributed by atoms with Gasteiger partial charge in [-0.3, -0.25) is 9.59 Å². The van der Waals surface area contributed by atoms with Gasteiger partial charge in [0.2, 0.25) is 5.91 Å². The quantitative estimate of drug-likeness (QED) is 0.783. The predicted octanol–water partition coefficient (Wildman–Crippen LogP) is 2.83. The van der Waals surface area contributed by atoms with Crippen LogP contribution in [-0.2, 0) is 11.3 Å². The van der Waals surface area contributed by atoms with Crippen molar-refractivity contribution in [3.05, 3.63) is 47.0 Å². The number of pyridine rings is 1. The van der Waals surface area contributed by atoms with Gasteiger partial charge in [-0.2, -0.15) is 0 Å². The van der Waals surface area contributed by atoms with Crippen LogP contribution in [0.15, 0.2) is 28.9 Å². The first-order chi connectivity index (χ1) is 14.0. The first kappa shape index (κ1) is 19.2. The summed E-state index contributed by atoms with van der Waals surface area (Å²) in [6.45, 7) is 6.88. The van der Waals surface area contributed by atoms with E-state index in [4.69, 9.17) is 4.52 Å². The topological polar surface area (TPSA) is 91.6 Å². The fourth-order valence-electron chi connectivity index (χ4n) is 3.88. The van der Waals surface area contributed by atoms with Crippen molar-refractivity contribution in [2.45, 2.75) is 46.2 Å². The second kappa shape index (κ2) is 7.69. The van der Waals surface area contributed by atoms with Crippen molar-refractivity contribution in [2.75, 3.05) is 23.3 Å². The Hall–Kier alpha value is -3.16. The molecule has 1 unspecified atom stereocenters. The van der Waals surface area contributed by atoms with Crippen molar-refractivity contribution in [1.82, 2.24) is 15.0 Å². The molecule has 2 aliphatic heterocycles. The van der Waals surface area contributed by atoms with E-state index in [0.717, 1.165) is 24.1 Å². The summed E-state index contributed by atoms with van der Waals surface area (Å²) in [5.41, 5.74) is 2.70. The minimum absolute atomic E-state index is 0.0703. The Kier molecular flexibility index (Phi) is 5.08. The Morgan fingerprint density at radius 2 is 2.21 bits per heavy atom. The molecule has 2 aromatic rings. The van der Waals surface area contributed by atoms with Gasteiger partial charge >= 0.3 is 0 Å². The molecule has 29 heavy (non-hydrogen) atoms. The van der Waals surface area contributed by atoms with Crippen LogP contribution >= 0.6 is 0 Å². The highest BCUT2D eigenvalue weighted by molar-refractivity contribution is 6.04. The zero-order valence-corrected chi connectivity index (χ0v) is 16.9. The van der Waals surface area contributed by atoms with Crippen LogP contribution in [0.3, 0.4) is 0 Å². The van der Waals surface area contributed by atoms with E-state index in [1.807, 2.05) is 24.8 Å². The third kappa shape index (κ3) is 3.50. The number of hydrogen-bond acceptors (Lipinski definition) is 6. The van der Waals surface area contributed by atoms with Crippen molar-refractivity contribution in [3.8, 4) is 0 Å². The maximum Gasteiger partial charge on any atom is 0.256 e. The molecule has 152 valence electrons. The number of rotatable bonds is 5. The van der Waals surface area contributed by atoms with Gasteiger partial charge in [-0.1, -0.05) is 30.7 Å². The van der Waals surface area contributed by atoms with Crippen LogP contribution in [0, 0.1) is 13.8 Å². The summed E-state index contributed by atoms with van der Waals surface area (Å²) in [5.74, 6) is 1.12. The van der Waals surface area contributed by atoms with Gasteiger partial charge in [-0.25, -0.2) is 4.98 Å². The van der Waals surface area contributed by atoms with E-state index in [0.29, 0.717) is 35.9 Å². The number of aryl methyl sites for hydroxylation is 2. The van der Waals surface area contributed by atoms with Crippen molar-refractivity contribution >= 4 is 23.3 Å². The van der Waals surface area contributed by atoms with E-state index in [2.05, 4.69) is 28.5 Å². The first-order valence-electron chi connectivity index (χ1n) is 9.93. The van der Waals surface area contributed by atoms with Gasteiger partial charge in [0.15, 0.2) is 5.82 Å². The van der Waals surface area contributed by atoms with Gasteiger partial charge in [0.1, 0.15) is 5.76 Å². The number of hydrogen-bond donors (Lipinski definition) is 1. The van der Waals surface area contributed by atoms with Crippen molar-refractivity contribution < 1.29 is 14.1 Å². The monoisotopic (exact) mass is 395 g/mol. The Morgan fingerprint density at radius 1 is 1.38 bits per heavy atom. The number of anilines is 2. The fourth-order valence-corrected chi connectivity index (χ4v) is 3.88. The van der Waals surface area contributed by atoms with Gasteiger partial charge in [0.25, 0.3) is 5.91 Å². The summed E-state index contributed by atoms with van der Waals surface area (Å²) in [7, 11) is 0. The fraction of sp³-hybridized carbons (Fsp3) is 0.429. The molecule has 0 radical (unpaired) electrons. The Labute approximate surface area is 169 Å². The summed E-state index contributed by atoms with van der Waals surface area (Å²) < 4.78 is 5.24. The van der Waals surface area contributed by atoms with Gasteiger partial charge in [-0.15, -0.1) is 0 Å². The molecule has 4 heterocycles. The van der Waals surface area contributed by atoms with E-state index in [-0.39, 0.29) is 24.4 Å². The molecule has 1 N–H and O–H groups in total. The van der Waals surface area contributed by atoms with Gasteiger partial charge in [0.05, 0.1) is 36.1 Å². The van der Waals surface area contributed by atoms with E-state index >= 15 is 0 Å². The number of carbonyl (C=O) groups excluding carboxylic acids is 2. The SMILES string of the molecule is CCCC1C=CCN1C(=O)c1cnc2c(c1)N(Cc1c(C)noc1C)C(=O)CN2. The van der Waals surface area contributed by atoms with Crippen LogP contribution in [0.5, 0.6) is 0 Å². The molecule has 0 bridgehead atoms. The molecule has 8 nitrogen and oxygen atoms in total. The Morgan fingerprint density at radius 3 is 2.93 bits per heavy atom. The maximum atomic E-state index is 13.1. The van der Waals surface area contributed by atoms with Crippen LogP contribution in [-0.4, -0.2) is 46.0 Å². The molecule has 0 saturated carbocycles. The standard InChI is InChI=1S/C21H25N5O3/c1-4-6-16-7-5-8-25(16)21(28)15-9-18-20(22-10-15)23-11-19(27)26(18)12-17-13(2)24-29-14(17)3/h5,7,9-10,16H,4,6,8,11-12H2,1-3H3,(H,22,23). The summed E-state index contributed by atoms with van der Waals surface area (Å²) in [5, 5.41) is 7.01. The molecule has 0 fully saturated rings. The molecule has 0 aromatic carbocycles. The molecule has 4 rings (SSSR count). The largest absolute Gasteiger partial charge is 0.361 e. The third-order valence-electron chi connectivity index (χ3n) is 5.52. The Bertz CT molecular complexity index is 961. The molecule has 0 saturated heterocycles. The highest BCUT2D eigenvalue weighted by atomic mass is 16.5. The lowest BCUT2D eigenvalue weighted by Crippen LogP contribution is -2.40. The highest BCUT2D eigenvalue weighted by Gasteiger charge is 2.30. The zero-order chi connectivity index (χ0) is 20.5. The van der Waals surface area contributed by atoms with Crippen molar-refractivity contribution in [2.24, 2.45) is 0 Å². The number of fused-ring (bicyclic) bond motifs is 1. The molecule has 1 atom stereocenters. The number of carbonyl (C=O) groups is 2. The van der Waals surface area contributed by atoms with Crippen LogP contribution in [0.25, 0.3) is 0 Å². The zero-order valence-electron chi connectivity index (χ0n) is 16.9. The minimum atomic E-state index is -0.0874. The number of nitrogens with one attached hydrogen (secondary N) is 1. The third-order valence-corrected chi connectivity index (χ3v) is 5.52. The molecular weight excluding hydrogens is 370 g/mol. The summed E-state index contributed by atoms with van der Waals surface area (Å²) in [6, 6.07) is 1.87. The summed E-state index contributed by atoms with van der Waals surface area (Å²) in [6.07, 6.45) is 7.63. The summed E-state index contributed by atoms with van der Waals surface area (Å²) >= 11 is 0. The summed E-state index contributed by atoms with van der Waals surface area (Å²) in [4.78, 5) is 33.7. The lowest BCUT2D eigenvalue weighted by molar-refractivity contribution is -0.117. The normalized spacial score (nSPS) is 18.2. The number of nitrogens with zero attached hydrogens (tertiary/aromatic N) is 4.